The summed E-state index contributed by atoms with van der Waals surface area (Å²) in [6.45, 7) is 6.05. The summed E-state index contributed by atoms with van der Waals surface area (Å²) in [6.07, 6.45) is 11.9. The predicted molar refractivity (Wildman–Crippen MR) is 108 cm³/mol. The Kier molecular flexibility index (Phi) is 11.4. The Morgan fingerprint density at radius 1 is 0.731 bits per heavy atom. The lowest BCUT2D eigenvalue weighted by atomic mass is 10.1. The topological polar surface area (TPSA) is 63.4 Å². The number of unbranched alkanes of at least 4 members (excludes halogenated alkanes) is 8. The Bertz CT molecular complexity index is 511. The number of hydrogen-bond acceptors (Lipinski definition) is 2. The monoisotopic (exact) mass is 360 g/mol. The van der Waals surface area contributed by atoms with Gasteiger partial charge in [0.2, 0.25) is 5.91 Å². The third-order valence-electron chi connectivity index (χ3n) is 4.77. The quantitative estimate of drug-likeness (QED) is 0.465. The minimum atomic E-state index is -0.465. The Morgan fingerprint density at radius 2 is 1.15 bits per heavy atom. The SMILES string of the molecule is CCCCCCCN(CCCCCCC)C(=O)c1ccc(C(N)=O)cc1. The molecule has 0 atom stereocenters. The van der Waals surface area contributed by atoms with Gasteiger partial charge in [-0.25, -0.2) is 0 Å². The lowest BCUT2D eigenvalue weighted by Crippen LogP contribution is -2.33. The van der Waals surface area contributed by atoms with Gasteiger partial charge in [-0.15, -0.1) is 0 Å². The summed E-state index contributed by atoms with van der Waals surface area (Å²) in [7, 11) is 0. The minimum Gasteiger partial charge on any atom is -0.366 e. The molecule has 0 saturated carbocycles. The Balaban J connectivity index is 2.61. The molecule has 1 aromatic rings. The van der Waals surface area contributed by atoms with Crippen LogP contribution in [-0.4, -0.2) is 29.8 Å². The van der Waals surface area contributed by atoms with Crippen LogP contribution in [0.4, 0.5) is 0 Å². The van der Waals surface area contributed by atoms with Crippen LogP contribution in [0.1, 0.15) is 98.8 Å². The van der Waals surface area contributed by atoms with Crippen LogP contribution in [0.3, 0.4) is 0 Å². The molecule has 4 heteroatoms. The van der Waals surface area contributed by atoms with Crippen molar-refractivity contribution in [3.63, 3.8) is 0 Å². The summed E-state index contributed by atoms with van der Waals surface area (Å²) < 4.78 is 0. The highest BCUT2D eigenvalue weighted by molar-refractivity contribution is 5.97. The van der Waals surface area contributed by atoms with Crippen molar-refractivity contribution in [2.45, 2.75) is 78.1 Å². The first-order valence-corrected chi connectivity index (χ1v) is 10.3. The van der Waals surface area contributed by atoms with E-state index in [0.717, 1.165) is 25.9 Å². The van der Waals surface area contributed by atoms with E-state index in [2.05, 4.69) is 13.8 Å². The van der Waals surface area contributed by atoms with Gasteiger partial charge in [-0.1, -0.05) is 65.2 Å². The molecule has 2 N–H and O–H groups in total. The normalized spacial score (nSPS) is 10.7. The molecule has 0 radical (unpaired) electrons. The molecular weight excluding hydrogens is 324 g/mol. The number of primary amides is 1. The van der Waals surface area contributed by atoms with Crippen molar-refractivity contribution in [3.8, 4) is 0 Å². The summed E-state index contributed by atoms with van der Waals surface area (Å²) in [5, 5.41) is 0. The molecule has 2 amide bonds. The number of rotatable bonds is 14. The summed E-state index contributed by atoms with van der Waals surface area (Å²) in [6, 6.07) is 6.69. The molecule has 0 spiro atoms. The molecule has 4 nitrogen and oxygen atoms in total. The van der Waals surface area contributed by atoms with E-state index in [0.29, 0.717) is 11.1 Å². The van der Waals surface area contributed by atoms with Crippen LogP contribution >= 0.6 is 0 Å². The molecule has 0 unspecified atom stereocenters. The maximum absolute atomic E-state index is 12.9. The van der Waals surface area contributed by atoms with Crippen LogP contribution in [0.2, 0.25) is 0 Å². The van der Waals surface area contributed by atoms with Crippen molar-refractivity contribution in [1.29, 1.82) is 0 Å². The average molecular weight is 361 g/mol. The van der Waals surface area contributed by atoms with E-state index < -0.39 is 5.91 Å². The molecule has 0 saturated heterocycles. The number of carbonyl (C=O) groups excluding carboxylic acids is 2. The van der Waals surface area contributed by atoms with Gasteiger partial charge in [-0.2, -0.15) is 0 Å². The maximum Gasteiger partial charge on any atom is 0.253 e. The van der Waals surface area contributed by atoms with Gasteiger partial charge in [-0.05, 0) is 37.1 Å². The summed E-state index contributed by atoms with van der Waals surface area (Å²) in [4.78, 5) is 26.1. The average Bonchev–Trinajstić information content (AvgIpc) is 2.65. The van der Waals surface area contributed by atoms with Gasteiger partial charge in [0, 0.05) is 24.2 Å². The second-order valence-electron chi connectivity index (χ2n) is 7.06. The molecule has 0 aromatic heterocycles. The first kappa shape index (κ1) is 22.2. The van der Waals surface area contributed by atoms with Crippen molar-refractivity contribution in [2.24, 2.45) is 5.73 Å². The maximum atomic E-state index is 12.9. The van der Waals surface area contributed by atoms with E-state index in [9.17, 15) is 9.59 Å². The first-order chi connectivity index (χ1) is 12.6. The van der Waals surface area contributed by atoms with Crippen LogP contribution < -0.4 is 5.73 Å². The highest BCUT2D eigenvalue weighted by Gasteiger charge is 2.15. The van der Waals surface area contributed by atoms with E-state index >= 15 is 0 Å². The van der Waals surface area contributed by atoms with Crippen molar-refractivity contribution in [3.05, 3.63) is 35.4 Å². The van der Waals surface area contributed by atoms with Gasteiger partial charge < -0.3 is 10.6 Å². The molecule has 146 valence electrons. The number of benzene rings is 1. The molecule has 0 bridgehead atoms. The highest BCUT2D eigenvalue weighted by atomic mass is 16.2. The fraction of sp³-hybridized carbons (Fsp3) is 0.636. The number of amides is 2. The highest BCUT2D eigenvalue weighted by Crippen LogP contribution is 2.12. The van der Waals surface area contributed by atoms with Crippen LogP contribution in [0.25, 0.3) is 0 Å². The molecular formula is C22H36N2O2. The smallest absolute Gasteiger partial charge is 0.253 e. The number of carbonyl (C=O) groups is 2. The Morgan fingerprint density at radius 3 is 1.58 bits per heavy atom. The molecule has 1 rings (SSSR count). The van der Waals surface area contributed by atoms with Crippen molar-refractivity contribution >= 4 is 11.8 Å². The Labute approximate surface area is 159 Å². The summed E-state index contributed by atoms with van der Waals surface area (Å²) >= 11 is 0. The summed E-state index contributed by atoms with van der Waals surface area (Å²) in [5.41, 5.74) is 6.35. The number of nitrogens with two attached hydrogens (primary N) is 1. The predicted octanol–water partition coefficient (Wildman–Crippen LogP) is 5.17. The molecule has 26 heavy (non-hydrogen) atoms. The van der Waals surface area contributed by atoms with Crippen molar-refractivity contribution in [2.75, 3.05) is 13.1 Å². The van der Waals surface area contributed by atoms with E-state index in [1.165, 1.54) is 51.4 Å². The molecule has 0 heterocycles. The molecule has 0 aliphatic rings. The number of nitrogens with zero attached hydrogens (tertiary/aromatic N) is 1. The fourth-order valence-electron chi connectivity index (χ4n) is 3.09. The largest absolute Gasteiger partial charge is 0.366 e. The van der Waals surface area contributed by atoms with Crippen molar-refractivity contribution < 1.29 is 9.59 Å². The third-order valence-corrected chi connectivity index (χ3v) is 4.77. The van der Waals surface area contributed by atoms with Gasteiger partial charge >= 0.3 is 0 Å². The second kappa shape index (κ2) is 13.4. The fourth-order valence-corrected chi connectivity index (χ4v) is 3.09. The van der Waals surface area contributed by atoms with Crippen molar-refractivity contribution in [1.82, 2.24) is 4.90 Å². The zero-order valence-corrected chi connectivity index (χ0v) is 16.6. The molecule has 0 aliphatic heterocycles. The zero-order valence-electron chi connectivity index (χ0n) is 16.6. The van der Waals surface area contributed by atoms with E-state index in [4.69, 9.17) is 5.73 Å². The van der Waals surface area contributed by atoms with Gasteiger partial charge in [-0.3, -0.25) is 9.59 Å². The lowest BCUT2D eigenvalue weighted by Gasteiger charge is -2.23. The summed E-state index contributed by atoms with van der Waals surface area (Å²) in [5.74, 6) is -0.403. The number of hydrogen-bond donors (Lipinski definition) is 1. The Hall–Kier alpha value is -1.84. The molecule has 1 aromatic carbocycles. The van der Waals surface area contributed by atoms with Crippen LogP contribution in [-0.2, 0) is 0 Å². The van der Waals surface area contributed by atoms with Crippen LogP contribution in [0, 0.1) is 0 Å². The lowest BCUT2D eigenvalue weighted by molar-refractivity contribution is 0.0748. The molecule has 0 fully saturated rings. The van der Waals surface area contributed by atoms with Gasteiger partial charge in [0.05, 0.1) is 0 Å². The van der Waals surface area contributed by atoms with E-state index in [1.54, 1.807) is 24.3 Å². The van der Waals surface area contributed by atoms with Crippen LogP contribution in [0.15, 0.2) is 24.3 Å². The van der Waals surface area contributed by atoms with Gasteiger partial charge in [0.15, 0.2) is 0 Å². The second-order valence-corrected chi connectivity index (χ2v) is 7.06. The van der Waals surface area contributed by atoms with E-state index in [1.807, 2.05) is 4.90 Å². The first-order valence-electron chi connectivity index (χ1n) is 10.3. The van der Waals surface area contributed by atoms with Gasteiger partial charge in [0.25, 0.3) is 5.91 Å². The standard InChI is InChI=1S/C22H36N2O2/c1-3-5-7-9-11-17-24(18-12-10-8-6-4-2)22(26)20-15-13-19(14-16-20)21(23)25/h13-16H,3-12,17-18H2,1-2H3,(H2,23,25). The van der Waals surface area contributed by atoms with E-state index in [-0.39, 0.29) is 5.91 Å². The van der Waals surface area contributed by atoms with Crippen LogP contribution in [0.5, 0.6) is 0 Å². The minimum absolute atomic E-state index is 0.0620. The molecule has 0 aliphatic carbocycles. The van der Waals surface area contributed by atoms with Gasteiger partial charge in [0.1, 0.15) is 0 Å². The zero-order chi connectivity index (χ0) is 19.2. The third kappa shape index (κ3) is 8.50.